The predicted octanol–water partition coefficient (Wildman–Crippen LogP) is 2.79. The van der Waals surface area contributed by atoms with Gasteiger partial charge in [0.2, 0.25) is 0 Å². The van der Waals surface area contributed by atoms with E-state index in [9.17, 15) is 0 Å². The molecule has 54 valence electrons. The first kappa shape index (κ1) is 15.9. The number of rotatable bonds is 0. The Morgan fingerprint density at radius 3 is 1.75 bits per heavy atom. The van der Waals surface area contributed by atoms with E-state index in [1.807, 2.05) is 6.92 Å². The maximum absolute atomic E-state index is 5.34. The van der Waals surface area contributed by atoms with Gasteiger partial charge in [0.05, 0.1) is 0 Å². The van der Waals surface area contributed by atoms with Crippen molar-refractivity contribution in [1.29, 1.82) is 0 Å². The van der Waals surface area contributed by atoms with Crippen LogP contribution < -0.4 is 0 Å². The fourth-order valence-corrected chi connectivity index (χ4v) is 1.37. The summed E-state index contributed by atoms with van der Waals surface area (Å²) in [6, 6.07) is 0. The Kier molecular flexibility index (Phi) is 21.4. The van der Waals surface area contributed by atoms with E-state index in [1.54, 1.807) is 6.08 Å². The third-order valence-electron chi connectivity index (χ3n) is 0.179. The normalized spacial score (nSPS) is 7.12. The zero-order valence-electron chi connectivity index (χ0n) is 5.19. The third-order valence-corrected chi connectivity index (χ3v) is 1.97. The molecule has 0 N–H and O–H groups in total. The molecule has 0 aliphatic carbocycles. The molecule has 0 aromatic heterocycles. The van der Waals surface area contributed by atoms with E-state index in [-0.39, 0.29) is 14.9 Å². The molecule has 0 saturated heterocycles. The van der Waals surface area contributed by atoms with Gasteiger partial charge in [0.15, 0.2) is 0 Å². The largest absolute Gasteiger partial charge is 0.358 e. The van der Waals surface area contributed by atoms with Crippen molar-refractivity contribution in [3.63, 3.8) is 0 Å². The van der Waals surface area contributed by atoms with E-state index < -0.39 is 13.5 Å². The summed E-state index contributed by atoms with van der Waals surface area (Å²) in [5.41, 5.74) is 0. The molecule has 0 bridgehead atoms. The van der Waals surface area contributed by atoms with E-state index in [0.717, 1.165) is 0 Å². The second-order valence-corrected chi connectivity index (χ2v) is 5.95. The maximum Gasteiger partial charge on any atom is -0.358 e. The van der Waals surface area contributed by atoms with Gasteiger partial charge in [0.25, 0.3) is 0 Å². The summed E-state index contributed by atoms with van der Waals surface area (Å²) >= 11 is -1.57. The zero-order chi connectivity index (χ0) is 4.99. The van der Waals surface area contributed by atoms with Crippen molar-refractivity contribution in [3.8, 4) is 0 Å². The third kappa shape index (κ3) is 15.8. The van der Waals surface area contributed by atoms with Crippen LogP contribution in [-0.4, -0.2) is 4.26 Å². The Labute approximate surface area is 65.0 Å². The first-order chi connectivity index (χ1) is 2.77. The molecule has 0 unspecified atom stereocenters. The van der Waals surface area contributed by atoms with Crippen LogP contribution in [0.15, 0.2) is 6.08 Å². The van der Waals surface area contributed by atoms with Gasteiger partial charge in [-0.3, -0.25) is 0 Å². The second-order valence-electron chi connectivity index (χ2n) is 0.575. The van der Waals surface area contributed by atoms with Crippen molar-refractivity contribution >= 4 is 23.6 Å². The monoisotopic (exact) mass is 242 g/mol. The second kappa shape index (κ2) is 10.8. The van der Waals surface area contributed by atoms with Crippen LogP contribution in [0.3, 0.4) is 0 Å². The molecule has 0 heterocycles. The van der Waals surface area contributed by atoms with Gasteiger partial charge in [-0.05, 0) is 0 Å². The van der Waals surface area contributed by atoms with E-state index in [1.165, 1.54) is 0 Å². The van der Waals surface area contributed by atoms with Crippen LogP contribution in [0.4, 0.5) is 0 Å². The van der Waals surface area contributed by atoms with Crippen molar-refractivity contribution in [1.82, 2.24) is 0 Å². The molecule has 0 fully saturated rings. The first-order valence-electron chi connectivity index (χ1n) is 1.31. The summed E-state index contributed by atoms with van der Waals surface area (Å²) in [6.45, 7) is 1.85. The SMILES string of the molecule is CC=[C]=[Ru]([Cl])[Cl].[CH3-].[CH3-]. The Balaban J connectivity index is -0.000000125. The molecule has 0 rings (SSSR count). The molecule has 0 aromatic rings. The van der Waals surface area contributed by atoms with Crippen molar-refractivity contribution in [2.24, 2.45) is 0 Å². The van der Waals surface area contributed by atoms with E-state index in [4.69, 9.17) is 19.4 Å². The average Bonchev–Trinajstić information content (AvgIpc) is 1.35. The fraction of sp³-hybridized carbons (Fsp3) is 0.200. The predicted molar refractivity (Wildman–Crippen MR) is 39.8 cm³/mol. The van der Waals surface area contributed by atoms with Gasteiger partial charge in [-0.25, -0.2) is 0 Å². The fourth-order valence-electron chi connectivity index (χ4n) is 0.0772. The molecule has 0 spiro atoms. The van der Waals surface area contributed by atoms with Crippen LogP contribution in [0.2, 0.25) is 0 Å². The van der Waals surface area contributed by atoms with Crippen LogP contribution in [-0.2, 0) is 13.5 Å². The van der Waals surface area contributed by atoms with Gasteiger partial charge in [-0.15, -0.1) is 0 Å². The van der Waals surface area contributed by atoms with Gasteiger partial charge in [0, 0.05) is 0 Å². The summed E-state index contributed by atoms with van der Waals surface area (Å²) in [7, 11) is 10.7. The summed E-state index contributed by atoms with van der Waals surface area (Å²) in [5, 5.41) is 0. The van der Waals surface area contributed by atoms with E-state index in [0.29, 0.717) is 0 Å². The molecule has 0 nitrogen and oxygen atoms in total. The first-order valence-corrected chi connectivity index (χ1v) is 6.66. The van der Waals surface area contributed by atoms with E-state index >= 15 is 0 Å². The zero-order valence-corrected chi connectivity index (χ0v) is 8.44. The van der Waals surface area contributed by atoms with Gasteiger partial charge in [0.1, 0.15) is 0 Å². The Morgan fingerprint density at radius 2 is 1.75 bits per heavy atom. The molecular weight excluding hydrogens is 232 g/mol. The van der Waals surface area contributed by atoms with Crippen LogP contribution in [0.1, 0.15) is 6.92 Å². The smallest absolute Gasteiger partial charge is 0.358 e. The molecule has 8 heavy (non-hydrogen) atoms. The van der Waals surface area contributed by atoms with Crippen molar-refractivity contribution in [2.45, 2.75) is 6.92 Å². The van der Waals surface area contributed by atoms with Crippen molar-refractivity contribution in [2.75, 3.05) is 0 Å². The summed E-state index contributed by atoms with van der Waals surface area (Å²) in [4.78, 5) is 0. The topological polar surface area (TPSA) is 0 Å². The molecule has 0 aliphatic heterocycles. The molecule has 3 heteroatoms. The number of hydrogen-bond acceptors (Lipinski definition) is 0. The average molecular weight is 242 g/mol. The number of allylic oxidation sites excluding steroid dienone is 1. The minimum absolute atomic E-state index is 0. The van der Waals surface area contributed by atoms with Crippen LogP contribution in [0, 0.1) is 14.9 Å². The van der Waals surface area contributed by atoms with Gasteiger partial charge in [-0.2, -0.15) is 0 Å². The summed E-state index contributed by atoms with van der Waals surface area (Å²) < 4.78 is 2.76. The van der Waals surface area contributed by atoms with Crippen molar-refractivity contribution in [3.05, 3.63) is 20.9 Å². The van der Waals surface area contributed by atoms with E-state index in [2.05, 4.69) is 4.26 Å². The Morgan fingerprint density at radius 1 is 1.38 bits per heavy atom. The summed E-state index contributed by atoms with van der Waals surface area (Å²) in [6.07, 6.45) is 1.75. The summed E-state index contributed by atoms with van der Waals surface area (Å²) in [5.74, 6) is 0. The molecular formula is C5H10Cl2Ru-2. The van der Waals surface area contributed by atoms with Crippen LogP contribution in [0.5, 0.6) is 0 Å². The van der Waals surface area contributed by atoms with Crippen LogP contribution >= 0.6 is 19.4 Å². The van der Waals surface area contributed by atoms with Crippen molar-refractivity contribution < 1.29 is 13.5 Å². The number of hydrogen-bond donors (Lipinski definition) is 0. The Hall–Kier alpha value is 0.853. The standard InChI is InChI=1S/C3H4.2CH3.2ClH.Ru/c1-3-2;;;;;/h3H,1H3;2*1H3;2*1H;/q;2*-1;;;+2/p-2. The van der Waals surface area contributed by atoms with Gasteiger partial charge >= 0.3 is 50.2 Å². The molecule has 0 aliphatic rings. The maximum atomic E-state index is 5.34. The Bertz CT molecular complexity index is 88.6. The number of halogens is 2. The van der Waals surface area contributed by atoms with Gasteiger partial charge in [-0.1, -0.05) is 0 Å². The molecule has 0 radical (unpaired) electrons. The molecule has 0 aromatic carbocycles. The van der Waals surface area contributed by atoms with Gasteiger partial charge < -0.3 is 14.9 Å². The minimum Gasteiger partial charge on any atom is -0.358 e. The minimum atomic E-state index is -1.57. The molecule has 0 saturated carbocycles. The molecule has 0 atom stereocenters. The quantitative estimate of drug-likeness (QED) is 0.452. The van der Waals surface area contributed by atoms with Crippen LogP contribution in [0.25, 0.3) is 0 Å². The molecule has 0 amide bonds.